The Kier molecular flexibility index (Phi) is 5.80. The molecule has 3 heteroatoms. The second-order valence-corrected chi connectivity index (χ2v) is 6.48. The SMILES string of the molecule is CCc1ccc(NC(=O)CN(CCC(C)C)C2CC2)cc1. The number of rotatable bonds is 8. The molecule has 1 aliphatic rings. The van der Waals surface area contributed by atoms with Crippen LogP contribution in [0.25, 0.3) is 0 Å². The number of nitrogens with one attached hydrogen (secondary N) is 1. The highest BCUT2D eigenvalue weighted by molar-refractivity contribution is 5.92. The molecule has 0 spiro atoms. The molecule has 1 amide bonds. The van der Waals surface area contributed by atoms with Crippen LogP contribution in [0.5, 0.6) is 0 Å². The van der Waals surface area contributed by atoms with Crippen LogP contribution in [-0.2, 0) is 11.2 Å². The lowest BCUT2D eigenvalue weighted by molar-refractivity contribution is -0.117. The quantitative estimate of drug-likeness (QED) is 0.791. The number of aryl methyl sites for hydroxylation is 1. The average molecular weight is 288 g/mol. The van der Waals surface area contributed by atoms with E-state index in [0.717, 1.165) is 25.1 Å². The van der Waals surface area contributed by atoms with E-state index in [2.05, 4.69) is 43.1 Å². The molecule has 21 heavy (non-hydrogen) atoms. The fraction of sp³-hybridized carbons (Fsp3) is 0.611. The zero-order valence-corrected chi connectivity index (χ0v) is 13.6. The van der Waals surface area contributed by atoms with E-state index in [1.807, 2.05) is 12.1 Å². The van der Waals surface area contributed by atoms with Crippen LogP contribution in [0.4, 0.5) is 5.69 Å². The van der Waals surface area contributed by atoms with E-state index in [9.17, 15) is 4.79 Å². The van der Waals surface area contributed by atoms with Crippen molar-refractivity contribution in [2.45, 2.75) is 52.5 Å². The molecule has 1 fully saturated rings. The second-order valence-electron chi connectivity index (χ2n) is 6.48. The summed E-state index contributed by atoms with van der Waals surface area (Å²) in [5.41, 5.74) is 2.20. The van der Waals surface area contributed by atoms with Crippen molar-refractivity contribution in [1.82, 2.24) is 4.90 Å². The fourth-order valence-electron chi connectivity index (χ4n) is 2.46. The minimum Gasteiger partial charge on any atom is -0.325 e. The topological polar surface area (TPSA) is 32.3 Å². The van der Waals surface area contributed by atoms with Crippen LogP contribution < -0.4 is 5.32 Å². The van der Waals surface area contributed by atoms with Crippen molar-refractivity contribution in [3.05, 3.63) is 29.8 Å². The van der Waals surface area contributed by atoms with Crippen molar-refractivity contribution in [2.75, 3.05) is 18.4 Å². The number of benzene rings is 1. The van der Waals surface area contributed by atoms with Crippen molar-refractivity contribution >= 4 is 11.6 Å². The molecule has 0 unspecified atom stereocenters. The molecule has 3 nitrogen and oxygen atoms in total. The van der Waals surface area contributed by atoms with Crippen LogP contribution in [0.1, 0.15) is 45.6 Å². The van der Waals surface area contributed by atoms with Gasteiger partial charge in [0.15, 0.2) is 0 Å². The molecule has 116 valence electrons. The molecule has 0 radical (unpaired) electrons. The van der Waals surface area contributed by atoms with Crippen LogP contribution in [0.15, 0.2) is 24.3 Å². The Morgan fingerprint density at radius 2 is 1.95 bits per heavy atom. The summed E-state index contributed by atoms with van der Waals surface area (Å²) in [7, 11) is 0. The molecule has 1 aliphatic carbocycles. The molecule has 0 atom stereocenters. The third-order valence-electron chi connectivity index (χ3n) is 4.05. The summed E-state index contributed by atoms with van der Waals surface area (Å²) in [6, 6.07) is 8.77. The maximum absolute atomic E-state index is 12.2. The molecule has 0 heterocycles. The highest BCUT2D eigenvalue weighted by Crippen LogP contribution is 2.27. The minimum atomic E-state index is 0.106. The fourth-order valence-corrected chi connectivity index (χ4v) is 2.46. The van der Waals surface area contributed by atoms with Gasteiger partial charge in [-0.3, -0.25) is 9.69 Å². The van der Waals surface area contributed by atoms with E-state index < -0.39 is 0 Å². The molecule has 1 aromatic carbocycles. The first-order valence-corrected chi connectivity index (χ1v) is 8.21. The van der Waals surface area contributed by atoms with Gasteiger partial charge in [-0.15, -0.1) is 0 Å². The van der Waals surface area contributed by atoms with Gasteiger partial charge in [-0.05, 0) is 55.8 Å². The second kappa shape index (κ2) is 7.60. The number of hydrogen-bond donors (Lipinski definition) is 1. The third-order valence-corrected chi connectivity index (χ3v) is 4.05. The Morgan fingerprint density at radius 1 is 1.29 bits per heavy atom. The molecule has 0 bridgehead atoms. The van der Waals surface area contributed by atoms with Crippen LogP contribution in [-0.4, -0.2) is 29.9 Å². The van der Waals surface area contributed by atoms with Gasteiger partial charge in [0.05, 0.1) is 6.54 Å². The molecule has 0 aliphatic heterocycles. The Hall–Kier alpha value is -1.35. The molecule has 1 N–H and O–H groups in total. The largest absolute Gasteiger partial charge is 0.325 e. The molecular weight excluding hydrogens is 260 g/mol. The summed E-state index contributed by atoms with van der Waals surface area (Å²) in [4.78, 5) is 14.5. The summed E-state index contributed by atoms with van der Waals surface area (Å²) in [5.74, 6) is 0.797. The summed E-state index contributed by atoms with van der Waals surface area (Å²) in [6.45, 7) is 8.16. The smallest absolute Gasteiger partial charge is 0.238 e. The van der Waals surface area contributed by atoms with Crippen molar-refractivity contribution in [1.29, 1.82) is 0 Å². The van der Waals surface area contributed by atoms with Crippen molar-refractivity contribution in [2.24, 2.45) is 5.92 Å². The van der Waals surface area contributed by atoms with Gasteiger partial charge in [0.1, 0.15) is 0 Å². The molecule has 1 saturated carbocycles. The summed E-state index contributed by atoms with van der Waals surface area (Å²) in [6.07, 6.45) is 4.68. The Morgan fingerprint density at radius 3 is 2.48 bits per heavy atom. The third kappa shape index (κ3) is 5.50. The predicted octanol–water partition coefficient (Wildman–Crippen LogP) is 3.70. The van der Waals surface area contributed by atoms with E-state index in [-0.39, 0.29) is 5.91 Å². The molecule has 0 saturated heterocycles. The van der Waals surface area contributed by atoms with E-state index >= 15 is 0 Å². The Balaban J connectivity index is 1.83. The minimum absolute atomic E-state index is 0.106. The van der Waals surface area contributed by atoms with Gasteiger partial charge in [0.2, 0.25) is 5.91 Å². The lowest BCUT2D eigenvalue weighted by Crippen LogP contribution is -2.36. The van der Waals surface area contributed by atoms with E-state index in [1.54, 1.807) is 0 Å². The highest BCUT2D eigenvalue weighted by Gasteiger charge is 2.29. The van der Waals surface area contributed by atoms with Gasteiger partial charge < -0.3 is 5.32 Å². The van der Waals surface area contributed by atoms with Gasteiger partial charge in [-0.1, -0.05) is 32.9 Å². The molecule has 2 rings (SSSR count). The maximum atomic E-state index is 12.2. The van der Waals surface area contributed by atoms with Gasteiger partial charge in [0.25, 0.3) is 0 Å². The van der Waals surface area contributed by atoms with E-state index in [0.29, 0.717) is 18.5 Å². The van der Waals surface area contributed by atoms with Gasteiger partial charge >= 0.3 is 0 Å². The van der Waals surface area contributed by atoms with Crippen molar-refractivity contribution < 1.29 is 4.79 Å². The van der Waals surface area contributed by atoms with Gasteiger partial charge in [-0.2, -0.15) is 0 Å². The molecule has 1 aromatic rings. The number of amides is 1. The number of nitrogens with zero attached hydrogens (tertiary/aromatic N) is 1. The lowest BCUT2D eigenvalue weighted by atomic mass is 10.1. The van der Waals surface area contributed by atoms with Crippen molar-refractivity contribution in [3.8, 4) is 0 Å². The average Bonchev–Trinajstić information content (AvgIpc) is 3.28. The van der Waals surface area contributed by atoms with E-state index in [1.165, 1.54) is 18.4 Å². The summed E-state index contributed by atoms with van der Waals surface area (Å²) >= 11 is 0. The summed E-state index contributed by atoms with van der Waals surface area (Å²) < 4.78 is 0. The van der Waals surface area contributed by atoms with E-state index in [4.69, 9.17) is 0 Å². The van der Waals surface area contributed by atoms with Crippen LogP contribution in [0, 0.1) is 5.92 Å². The van der Waals surface area contributed by atoms with Gasteiger partial charge in [-0.25, -0.2) is 0 Å². The number of carbonyl (C=O) groups excluding carboxylic acids is 1. The zero-order chi connectivity index (χ0) is 15.2. The summed E-state index contributed by atoms with van der Waals surface area (Å²) in [5, 5.41) is 3.01. The number of hydrogen-bond acceptors (Lipinski definition) is 2. The normalized spacial score (nSPS) is 14.7. The molecule has 0 aromatic heterocycles. The maximum Gasteiger partial charge on any atom is 0.238 e. The zero-order valence-electron chi connectivity index (χ0n) is 13.6. The van der Waals surface area contributed by atoms with Crippen molar-refractivity contribution in [3.63, 3.8) is 0 Å². The Labute approximate surface area is 128 Å². The lowest BCUT2D eigenvalue weighted by Gasteiger charge is -2.22. The highest BCUT2D eigenvalue weighted by atomic mass is 16.2. The standard InChI is InChI=1S/C18H28N2O/c1-4-15-5-7-16(8-6-15)19-18(21)13-20(17-9-10-17)12-11-14(2)3/h5-8,14,17H,4,9-13H2,1-3H3,(H,19,21). The van der Waals surface area contributed by atoms with Crippen LogP contribution in [0.3, 0.4) is 0 Å². The Bertz CT molecular complexity index is 449. The molecular formula is C18H28N2O. The number of anilines is 1. The first kappa shape index (κ1) is 16.0. The van der Waals surface area contributed by atoms with Gasteiger partial charge in [0, 0.05) is 11.7 Å². The van der Waals surface area contributed by atoms with Crippen LogP contribution >= 0.6 is 0 Å². The van der Waals surface area contributed by atoms with Crippen LogP contribution in [0.2, 0.25) is 0 Å². The number of carbonyl (C=O) groups is 1. The first-order valence-electron chi connectivity index (χ1n) is 8.21. The predicted molar refractivity (Wildman–Crippen MR) is 88.5 cm³/mol. The first-order chi connectivity index (χ1) is 10.1. The monoisotopic (exact) mass is 288 g/mol.